The molecule has 0 fully saturated rings. The van der Waals surface area contributed by atoms with Crippen molar-refractivity contribution in [3.63, 3.8) is 0 Å². The van der Waals surface area contributed by atoms with Crippen molar-refractivity contribution in [1.29, 1.82) is 0 Å². The van der Waals surface area contributed by atoms with Gasteiger partial charge in [0.2, 0.25) is 0 Å². The van der Waals surface area contributed by atoms with E-state index in [1.54, 1.807) is 0 Å². The van der Waals surface area contributed by atoms with Crippen LogP contribution in [0.1, 0.15) is 27.2 Å². The normalized spacial score (nSPS) is 17.8. The maximum absolute atomic E-state index is 10.1. The summed E-state index contributed by atoms with van der Waals surface area (Å²) in [7, 11) is 0. The van der Waals surface area contributed by atoms with Crippen LogP contribution in [0.15, 0.2) is 21.1 Å². The first-order valence-electron chi connectivity index (χ1n) is 5.35. The average molecular weight is 356 g/mol. The van der Waals surface area contributed by atoms with Crippen molar-refractivity contribution in [2.24, 2.45) is 11.8 Å². The molecule has 2 nitrogen and oxygen atoms in total. The molecule has 0 heterocycles. The summed E-state index contributed by atoms with van der Waals surface area (Å²) < 4.78 is 0.911. The predicted octanol–water partition coefficient (Wildman–Crippen LogP) is 3.58. The summed E-state index contributed by atoms with van der Waals surface area (Å²) in [6.07, 6.45) is 4.33. The van der Waals surface area contributed by atoms with E-state index in [4.69, 9.17) is 5.11 Å². The number of aliphatic hydroxyl groups is 2. The Balaban J connectivity index is 4.32. The van der Waals surface area contributed by atoms with Crippen LogP contribution >= 0.6 is 31.9 Å². The molecule has 0 aliphatic rings. The van der Waals surface area contributed by atoms with E-state index >= 15 is 0 Å². The van der Waals surface area contributed by atoms with Gasteiger partial charge in [-0.2, -0.15) is 0 Å². The van der Waals surface area contributed by atoms with E-state index < -0.39 is 6.10 Å². The third kappa shape index (κ3) is 6.84. The van der Waals surface area contributed by atoms with Gasteiger partial charge in [-0.25, -0.2) is 0 Å². The third-order valence-corrected chi connectivity index (χ3v) is 3.21. The molecule has 0 aliphatic heterocycles. The smallest absolute Gasteiger partial charge is 0.0639 e. The molecular weight excluding hydrogens is 336 g/mol. The molecule has 0 aromatic carbocycles. The van der Waals surface area contributed by atoms with E-state index in [9.17, 15) is 5.11 Å². The Labute approximate surface area is 115 Å². The van der Waals surface area contributed by atoms with Gasteiger partial charge in [0, 0.05) is 5.92 Å². The standard InChI is InChI=1S/C12H20Br2O2/c1-8(7-15)6-10(3)12(16)9(2)4-5-11(13)14/h5-6,9-10,12,15-16H,4,7H2,1-3H3/b8-6+/t9-,10+,12-/m0/s1. The van der Waals surface area contributed by atoms with E-state index in [0.717, 1.165) is 15.4 Å². The SMILES string of the molecule is C/C(=C\[C@@H](C)[C@@H](O)[C@@H](C)CC=C(Br)Br)CO. The van der Waals surface area contributed by atoms with Crippen molar-refractivity contribution in [2.45, 2.75) is 33.3 Å². The van der Waals surface area contributed by atoms with Gasteiger partial charge in [-0.05, 0) is 51.1 Å². The first-order chi connectivity index (χ1) is 7.38. The minimum absolute atomic E-state index is 0.0539. The van der Waals surface area contributed by atoms with Gasteiger partial charge in [-0.3, -0.25) is 0 Å². The third-order valence-electron chi connectivity index (χ3n) is 2.56. The second-order valence-corrected chi connectivity index (χ2v) is 7.00. The highest BCUT2D eigenvalue weighted by molar-refractivity contribution is 9.28. The molecule has 3 atom stereocenters. The lowest BCUT2D eigenvalue weighted by Gasteiger charge is -2.22. The molecule has 0 saturated heterocycles. The van der Waals surface area contributed by atoms with E-state index in [1.165, 1.54) is 0 Å². The molecule has 2 N–H and O–H groups in total. The van der Waals surface area contributed by atoms with Crippen molar-refractivity contribution < 1.29 is 10.2 Å². The summed E-state index contributed by atoms with van der Waals surface area (Å²) in [6, 6.07) is 0. The quantitative estimate of drug-likeness (QED) is 0.715. The van der Waals surface area contributed by atoms with Crippen LogP contribution in [0.5, 0.6) is 0 Å². The fourth-order valence-electron chi connectivity index (χ4n) is 1.53. The average Bonchev–Trinajstić information content (AvgIpc) is 2.24. The van der Waals surface area contributed by atoms with E-state index in [2.05, 4.69) is 31.9 Å². The Bertz CT molecular complexity index is 258. The molecule has 0 bridgehead atoms. The van der Waals surface area contributed by atoms with E-state index in [0.29, 0.717) is 0 Å². The van der Waals surface area contributed by atoms with Gasteiger partial charge in [0.05, 0.1) is 16.1 Å². The zero-order valence-corrected chi connectivity index (χ0v) is 13.1. The highest BCUT2D eigenvalue weighted by Gasteiger charge is 2.18. The molecule has 0 radical (unpaired) electrons. The van der Waals surface area contributed by atoms with Crippen molar-refractivity contribution >= 4 is 31.9 Å². The Kier molecular flexibility index (Phi) is 8.64. The molecular formula is C12H20Br2O2. The number of rotatable bonds is 6. The number of aliphatic hydroxyl groups excluding tert-OH is 2. The van der Waals surface area contributed by atoms with E-state index in [-0.39, 0.29) is 18.4 Å². The van der Waals surface area contributed by atoms with Crippen LogP contribution in [0.3, 0.4) is 0 Å². The minimum atomic E-state index is -0.392. The number of hydrogen-bond acceptors (Lipinski definition) is 2. The summed E-state index contributed by atoms with van der Waals surface area (Å²) in [5.74, 6) is 0.243. The summed E-state index contributed by atoms with van der Waals surface area (Å²) in [4.78, 5) is 0. The van der Waals surface area contributed by atoms with Gasteiger partial charge in [0.15, 0.2) is 0 Å². The minimum Gasteiger partial charge on any atom is -0.392 e. The highest BCUT2D eigenvalue weighted by Crippen LogP contribution is 2.22. The molecule has 0 spiro atoms. The number of hydrogen-bond donors (Lipinski definition) is 2. The zero-order valence-electron chi connectivity index (χ0n) is 9.95. The van der Waals surface area contributed by atoms with Gasteiger partial charge >= 0.3 is 0 Å². The van der Waals surface area contributed by atoms with Crippen molar-refractivity contribution in [2.75, 3.05) is 6.61 Å². The molecule has 0 saturated carbocycles. The van der Waals surface area contributed by atoms with Crippen LogP contribution in [0.25, 0.3) is 0 Å². The first-order valence-corrected chi connectivity index (χ1v) is 6.94. The van der Waals surface area contributed by atoms with Crippen LogP contribution in [-0.2, 0) is 0 Å². The second-order valence-electron chi connectivity index (χ2n) is 4.23. The molecule has 0 rings (SSSR count). The van der Waals surface area contributed by atoms with Gasteiger partial charge < -0.3 is 10.2 Å². The second kappa shape index (κ2) is 8.45. The van der Waals surface area contributed by atoms with Gasteiger partial charge in [-0.1, -0.05) is 31.6 Å². The molecule has 4 heteroatoms. The molecule has 0 unspecified atom stereocenters. The zero-order chi connectivity index (χ0) is 12.7. The number of halogens is 2. The Morgan fingerprint density at radius 2 is 1.88 bits per heavy atom. The maximum Gasteiger partial charge on any atom is 0.0639 e. The lowest BCUT2D eigenvalue weighted by atomic mass is 9.90. The lowest BCUT2D eigenvalue weighted by molar-refractivity contribution is 0.0838. The topological polar surface area (TPSA) is 40.5 Å². The predicted molar refractivity (Wildman–Crippen MR) is 75.7 cm³/mol. The monoisotopic (exact) mass is 354 g/mol. The van der Waals surface area contributed by atoms with Crippen molar-refractivity contribution in [3.8, 4) is 0 Å². The fraction of sp³-hybridized carbons (Fsp3) is 0.667. The molecule has 0 aromatic heterocycles. The Morgan fingerprint density at radius 3 is 2.31 bits per heavy atom. The first kappa shape index (κ1) is 16.4. The van der Waals surface area contributed by atoms with Crippen LogP contribution < -0.4 is 0 Å². The van der Waals surface area contributed by atoms with Gasteiger partial charge in [-0.15, -0.1) is 0 Å². The van der Waals surface area contributed by atoms with Gasteiger partial charge in [0.25, 0.3) is 0 Å². The fourth-order valence-corrected chi connectivity index (χ4v) is 1.91. The van der Waals surface area contributed by atoms with Crippen LogP contribution in [0.4, 0.5) is 0 Å². The Morgan fingerprint density at radius 1 is 1.31 bits per heavy atom. The van der Waals surface area contributed by atoms with Gasteiger partial charge in [0.1, 0.15) is 0 Å². The summed E-state index contributed by atoms with van der Waals surface area (Å²) in [5.41, 5.74) is 0.899. The molecule has 16 heavy (non-hydrogen) atoms. The number of allylic oxidation sites excluding steroid dienone is 1. The summed E-state index contributed by atoms with van der Waals surface area (Å²) >= 11 is 6.58. The van der Waals surface area contributed by atoms with Crippen LogP contribution in [0.2, 0.25) is 0 Å². The van der Waals surface area contributed by atoms with Crippen molar-refractivity contribution in [1.82, 2.24) is 0 Å². The van der Waals surface area contributed by atoms with Crippen LogP contribution in [0, 0.1) is 11.8 Å². The summed E-state index contributed by atoms with van der Waals surface area (Å²) in [5, 5.41) is 19.0. The maximum atomic E-state index is 10.1. The Hall–Kier alpha value is 0.360. The molecule has 0 aromatic rings. The molecule has 94 valence electrons. The lowest BCUT2D eigenvalue weighted by Crippen LogP contribution is -2.24. The summed E-state index contributed by atoms with van der Waals surface area (Å²) in [6.45, 7) is 5.90. The largest absolute Gasteiger partial charge is 0.392 e. The van der Waals surface area contributed by atoms with Crippen molar-refractivity contribution in [3.05, 3.63) is 21.1 Å². The van der Waals surface area contributed by atoms with E-state index in [1.807, 2.05) is 32.9 Å². The van der Waals surface area contributed by atoms with Crippen LogP contribution in [-0.4, -0.2) is 22.9 Å². The molecule has 0 amide bonds. The molecule has 0 aliphatic carbocycles. The highest BCUT2D eigenvalue weighted by atomic mass is 79.9.